The van der Waals surface area contributed by atoms with Gasteiger partial charge in [0.1, 0.15) is 0 Å². The predicted octanol–water partition coefficient (Wildman–Crippen LogP) is 2.64. The lowest BCUT2D eigenvalue weighted by Gasteiger charge is -2.19. The van der Waals surface area contributed by atoms with E-state index < -0.39 is 8.32 Å². The fourth-order valence-corrected chi connectivity index (χ4v) is 1.44. The molecule has 0 bridgehead atoms. The van der Waals surface area contributed by atoms with Gasteiger partial charge in [0.05, 0.1) is 0 Å². The molecule has 0 saturated heterocycles. The van der Waals surface area contributed by atoms with Crippen LogP contribution in [0.3, 0.4) is 0 Å². The Morgan fingerprint density at radius 1 is 1.22 bits per heavy atom. The third kappa shape index (κ3) is 4.67. The molecule has 9 heavy (non-hydrogen) atoms. The minimum absolute atomic E-state index is 0.951. The Bertz CT molecular complexity index is 71.3. The molecule has 0 radical (unpaired) electrons. The molecule has 0 rings (SSSR count). The number of hydrogen-bond acceptors (Lipinski definition) is 1. The second kappa shape index (κ2) is 4.07. The summed E-state index contributed by atoms with van der Waals surface area (Å²) < 4.78 is 5.67. The minimum Gasteiger partial charge on any atom is -0.417 e. The molecule has 0 aliphatic carbocycles. The molecule has 0 saturated carbocycles. The Balaban J connectivity index is 3.33. The summed E-state index contributed by atoms with van der Waals surface area (Å²) in [7, 11) is -1.20. The van der Waals surface area contributed by atoms with E-state index in [4.69, 9.17) is 4.43 Å². The SMILES string of the molecule is CCCO[Si](C)(C)CC. The van der Waals surface area contributed by atoms with Gasteiger partial charge in [0.15, 0.2) is 8.32 Å². The van der Waals surface area contributed by atoms with Crippen LogP contribution >= 0.6 is 0 Å². The fourth-order valence-electron chi connectivity index (χ4n) is 0.480. The summed E-state index contributed by atoms with van der Waals surface area (Å²) in [6, 6.07) is 1.23. The van der Waals surface area contributed by atoms with E-state index in [2.05, 4.69) is 26.9 Å². The van der Waals surface area contributed by atoms with E-state index >= 15 is 0 Å². The molecular formula is C7H18OSi. The van der Waals surface area contributed by atoms with Gasteiger partial charge in [-0.3, -0.25) is 0 Å². The van der Waals surface area contributed by atoms with Crippen LogP contribution in [-0.2, 0) is 4.43 Å². The van der Waals surface area contributed by atoms with Crippen LogP contribution in [0, 0.1) is 0 Å². The van der Waals surface area contributed by atoms with E-state index in [-0.39, 0.29) is 0 Å². The first-order valence-electron chi connectivity index (χ1n) is 3.76. The monoisotopic (exact) mass is 146 g/mol. The first kappa shape index (κ1) is 9.18. The van der Waals surface area contributed by atoms with Crippen molar-refractivity contribution in [2.45, 2.75) is 39.4 Å². The molecule has 0 aliphatic rings. The van der Waals surface area contributed by atoms with Gasteiger partial charge in [-0.2, -0.15) is 0 Å². The Hall–Kier alpha value is 0.177. The highest BCUT2D eigenvalue weighted by atomic mass is 28.4. The largest absolute Gasteiger partial charge is 0.417 e. The molecule has 0 amide bonds. The van der Waals surface area contributed by atoms with Crippen molar-refractivity contribution in [3.63, 3.8) is 0 Å². The molecule has 0 aromatic carbocycles. The van der Waals surface area contributed by atoms with Gasteiger partial charge in [-0.1, -0.05) is 13.8 Å². The summed E-state index contributed by atoms with van der Waals surface area (Å²) in [5, 5.41) is 0. The van der Waals surface area contributed by atoms with Crippen LogP contribution in [0.2, 0.25) is 19.1 Å². The second-order valence-corrected chi connectivity index (χ2v) is 7.48. The Morgan fingerprint density at radius 3 is 2.11 bits per heavy atom. The van der Waals surface area contributed by atoms with Gasteiger partial charge in [-0.25, -0.2) is 0 Å². The summed E-state index contributed by atoms with van der Waals surface area (Å²) in [5.74, 6) is 0. The Kier molecular flexibility index (Phi) is 4.15. The lowest BCUT2D eigenvalue weighted by Crippen LogP contribution is -2.29. The third-order valence-electron chi connectivity index (χ3n) is 1.55. The molecule has 0 unspecified atom stereocenters. The van der Waals surface area contributed by atoms with Gasteiger partial charge in [-0.05, 0) is 25.6 Å². The highest BCUT2D eigenvalue weighted by molar-refractivity contribution is 6.71. The van der Waals surface area contributed by atoms with Gasteiger partial charge >= 0.3 is 0 Å². The summed E-state index contributed by atoms with van der Waals surface area (Å²) >= 11 is 0. The van der Waals surface area contributed by atoms with Gasteiger partial charge in [0, 0.05) is 6.61 Å². The Morgan fingerprint density at radius 2 is 1.78 bits per heavy atom. The molecule has 0 aliphatic heterocycles. The first-order chi connectivity index (χ1) is 4.12. The molecule has 1 nitrogen and oxygen atoms in total. The van der Waals surface area contributed by atoms with Crippen molar-refractivity contribution in [1.82, 2.24) is 0 Å². The number of hydrogen-bond donors (Lipinski definition) is 0. The highest BCUT2D eigenvalue weighted by Crippen LogP contribution is 2.09. The predicted molar refractivity (Wildman–Crippen MR) is 44.2 cm³/mol. The maximum Gasteiger partial charge on any atom is 0.186 e. The van der Waals surface area contributed by atoms with E-state index in [1.165, 1.54) is 6.04 Å². The molecule has 0 N–H and O–H groups in total. The van der Waals surface area contributed by atoms with Crippen molar-refractivity contribution >= 4 is 8.32 Å². The average Bonchev–Trinajstić information content (AvgIpc) is 1.84. The number of rotatable bonds is 4. The van der Waals surface area contributed by atoms with Crippen molar-refractivity contribution in [2.24, 2.45) is 0 Å². The average molecular weight is 146 g/mol. The molecule has 0 aromatic heterocycles. The van der Waals surface area contributed by atoms with Crippen LogP contribution in [0.5, 0.6) is 0 Å². The standard InChI is InChI=1S/C7H18OSi/c1-5-7-8-9(3,4)6-2/h5-7H2,1-4H3. The molecule has 0 fully saturated rings. The van der Waals surface area contributed by atoms with Crippen molar-refractivity contribution in [3.8, 4) is 0 Å². The molecule has 0 atom stereocenters. The van der Waals surface area contributed by atoms with Gasteiger partial charge in [0.2, 0.25) is 0 Å². The molecule has 0 heterocycles. The van der Waals surface area contributed by atoms with E-state index in [1.807, 2.05) is 0 Å². The molecule has 0 aromatic rings. The lowest BCUT2D eigenvalue weighted by molar-refractivity contribution is 0.307. The molecular weight excluding hydrogens is 128 g/mol. The van der Waals surface area contributed by atoms with Gasteiger partial charge in [0.25, 0.3) is 0 Å². The zero-order valence-corrected chi connectivity index (χ0v) is 8.03. The maximum atomic E-state index is 5.67. The van der Waals surface area contributed by atoms with E-state index in [9.17, 15) is 0 Å². The van der Waals surface area contributed by atoms with Crippen LogP contribution in [0.15, 0.2) is 0 Å². The van der Waals surface area contributed by atoms with Gasteiger partial charge < -0.3 is 4.43 Å². The zero-order valence-electron chi connectivity index (χ0n) is 7.03. The van der Waals surface area contributed by atoms with E-state index in [0.717, 1.165) is 13.0 Å². The van der Waals surface area contributed by atoms with E-state index in [1.54, 1.807) is 0 Å². The van der Waals surface area contributed by atoms with Crippen molar-refractivity contribution in [1.29, 1.82) is 0 Å². The summed E-state index contributed by atoms with van der Waals surface area (Å²) in [4.78, 5) is 0. The Labute approximate surface area is 59.5 Å². The normalized spacial score (nSPS) is 12.0. The van der Waals surface area contributed by atoms with Crippen molar-refractivity contribution < 1.29 is 4.43 Å². The zero-order chi connectivity index (χ0) is 7.33. The van der Waals surface area contributed by atoms with E-state index in [0.29, 0.717) is 0 Å². The topological polar surface area (TPSA) is 9.23 Å². The van der Waals surface area contributed by atoms with Crippen molar-refractivity contribution in [2.75, 3.05) is 6.61 Å². The fraction of sp³-hybridized carbons (Fsp3) is 1.00. The van der Waals surface area contributed by atoms with Crippen LogP contribution < -0.4 is 0 Å². The van der Waals surface area contributed by atoms with Crippen molar-refractivity contribution in [3.05, 3.63) is 0 Å². The lowest BCUT2D eigenvalue weighted by atomic mass is 10.5. The van der Waals surface area contributed by atoms with Crippen LogP contribution in [0.4, 0.5) is 0 Å². The maximum absolute atomic E-state index is 5.67. The summed E-state index contributed by atoms with van der Waals surface area (Å²) in [6.45, 7) is 9.85. The van der Waals surface area contributed by atoms with Crippen LogP contribution in [0.25, 0.3) is 0 Å². The smallest absolute Gasteiger partial charge is 0.186 e. The summed E-state index contributed by atoms with van der Waals surface area (Å²) in [5.41, 5.74) is 0. The second-order valence-electron chi connectivity index (χ2n) is 2.96. The third-order valence-corrected chi connectivity index (χ3v) is 4.24. The molecule has 56 valence electrons. The minimum atomic E-state index is -1.20. The first-order valence-corrected chi connectivity index (χ1v) is 6.88. The molecule has 0 spiro atoms. The van der Waals surface area contributed by atoms with Crippen LogP contribution in [0.1, 0.15) is 20.3 Å². The highest BCUT2D eigenvalue weighted by Gasteiger charge is 2.17. The molecule has 2 heteroatoms. The quantitative estimate of drug-likeness (QED) is 0.554. The van der Waals surface area contributed by atoms with Gasteiger partial charge in [-0.15, -0.1) is 0 Å². The van der Waals surface area contributed by atoms with Crippen LogP contribution in [-0.4, -0.2) is 14.9 Å². The summed E-state index contributed by atoms with van der Waals surface area (Å²) in [6.07, 6.45) is 1.15.